The minimum Gasteiger partial charge on any atom is -0.338 e. The number of likely N-dealkylation sites (tertiary alicyclic amines) is 1. The van der Waals surface area contributed by atoms with E-state index in [0.29, 0.717) is 18.4 Å². The maximum atomic E-state index is 12.1. The summed E-state index contributed by atoms with van der Waals surface area (Å²) in [5.74, 6) is 1.23. The van der Waals surface area contributed by atoms with Crippen LogP contribution in [0.25, 0.3) is 0 Å². The molecule has 0 aliphatic carbocycles. The lowest BCUT2D eigenvalue weighted by Crippen LogP contribution is -2.47. The fourth-order valence-corrected chi connectivity index (χ4v) is 2.90. The van der Waals surface area contributed by atoms with Crippen LogP contribution >= 0.6 is 0 Å². The molecule has 1 aliphatic heterocycles. The number of hydrogen-bond donors (Lipinski definition) is 1. The van der Waals surface area contributed by atoms with Gasteiger partial charge in [0.25, 0.3) is 0 Å². The Balaban J connectivity index is 1.75. The first-order chi connectivity index (χ1) is 9.15. The van der Waals surface area contributed by atoms with Crippen molar-refractivity contribution in [1.29, 1.82) is 0 Å². The van der Waals surface area contributed by atoms with Gasteiger partial charge in [-0.15, -0.1) is 0 Å². The number of nitrogens with one attached hydrogen (secondary N) is 1. The molecule has 1 saturated heterocycles. The topological polar surface area (TPSA) is 32.3 Å². The lowest BCUT2D eigenvalue weighted by molar-refractivity contribution is 0.146. The third-order valence-corrected chi connectivity index (χ3v) is 3.69. The highest BCUT2D eigenvalue weighted by Crippen LogP contribution is 2.20. The maximum Gasteiger partial charge on any atom is 0.317 e. The second kappa shape index (κ2) is 6.60. The molecule has 0 spiro atoms. The molecule has 1 aromatic rings. The minimum absolute atomic E-state index is 0.0920. The Bertz CT molecular complexity index is 394. The highest BCUT2D eigenvalue weighted by molar-refractivity contribution is 5.74. The van der Waals surface area contributed by atoms with Gasteiger partial charge in [0.15, 0.2) is 0 Å². The monoisotopic (exact) mass is 260 g/mol. The molecule has 2 atom stereocenters. The van der Waals surface area contributed by atoms with Gasteiger partial charge in [0.2, 0.25) is 0 Å². The molecule has 1 aliphatic rings. The molecule has 0 radical (unpaired) electrons. The van der Waals surface area contributed by atoms with Crippen LogP contribution in [0.3, 0.4) is 0 Å². The molecule has 19 heavy (non-hydrogen) atoms. The Kier molecular flexibility index (Phi) is 4.83. The summed E-state index contributed by atoms with van der Waals surface area (Å²) in [5, 5.41) is 3.03. The largest absolute Gasteiger partial charge is 0.338 e. The van der Waals surface area contributed by atoms with Crippen molar-refractivity contribution in [1.82, 2.24) is 10.2 Å². The predicted molar refractivity (Wildman–Crippen MR) is 78.1 cm³/mol. The Hall–Kier alpha value is -1.51. The minimum atomic E-state index is 0.0920. The molecule has 0 saturated carbocycles. The Labute approximate surface area is 116 Å². The van der Waals surface area contributed by atoms with Crippen LogP contribution in [0.4, 0.5) is 4.79 Å². The number of piperidine rings is 1. The number of amides is 2. The highest BCUT2D eigenvalue weighted by Gasteiger charge is 2.24. The van der Waals surface area contributed by atoms with E-state index in [4.69, 9.17) is 0 Å². The summed E-state index contributed by atoms with van der Waals surface area (Å²) in [5.41, 5.74) is 1.27. The number of carbonyl (C=O) groups excluding carboxylic acids is 1. The predicted octanol–water partition coefficient (Wildman–Crippen LogP) is 2.92. The van der Waals surface area contributed by atoms with Gasteiger partial charge in [0, 0.05) is 19.6 Å². The third-order valence-electron chi connectivity index (χ3n) is 3.69. The molecular formula is C16H24N2O. The second-order valence-electron chi connectivity index (χ2n) is 5.82. The van der Waals surface area contributed by atoms with Gasteiger partial charge in [-0.1, -0.05) is 44.2 Å². The van der Waals surface area contributed by atoms with Gasteiger partial charge in [0.05, 0.1) is 0 Å². The maximum absolute atomic E-state index is 12.1. The number of rotatable bonds is 3. The van der Waals surface area contributed by atoms with E-state index in [-0.39, 0.29) is 6.03 Å². The molecule has 2 amide bonds. The number of nitrogens with zero attached hydrogens (tertiary/aromatic N) is 1. The lowest BCUT2D eigenvalue weighted by atomic mass is 9.92. The van der Waals surface area contributed by atoms with E-state index in [0.717, 1.165) is 19.5 Å². The van der Waals surface area contributed by atoms with Gasteiger partial charge < -0.3 is 10.2 Å². The molecule has 3 nitrogen and oxygen atoms in total. The van der Waals surface area contributed by atoms with Gasteiger partial charge in [-0.2, -0.15) is 0 Å². The lowest BCUT2D eigenvalue weighted by Gasteiger charge is -2.34. The van der Waals surface area contributed by atoms with Gasteiger partial charge in [0.1, 0.15) is 0 Å². The molecule has 1 N–H and O–H groups in total. The summed E-state index contributed by atoms with van der Waals surface area (Å²) < 4.78 is 0. The zero-order valence-electron chi connectivity index (χ0n) is 11.9. The van der Waals surface area contributed by atoms with Crippen LogP contribution in [-0.4, -0.2) is 30.6 Å². The molecule has 2 rings (SSSR count). The summed E-state index contributed by atoms with van der Waals surface area (Å²) >= 11 is 0. The van der Waals surface area contributed by atoms with Gasteiger partial charge in [-0.25, -0.2) is 4.79 Å². The molecule has 1 fully saturated rings. The second-order valence-corrected chi connectivity index (χ2v) is 5.82. The van der Waals surface area contributed by atoms with Gasteiger partial charge >= 0.3 is 6.03 Å². The molecule has 1 heterocycles. The highest BCUT2D eigenvalue weighted by atomic mass is 16.2. The van der Waals surface area contributed by atoms with Crippen LogP contribution in [0.15, 0.2) is 30.3 Å². The van der Waals surface area contributed by atoms with Crippen LogP contribution < -0.4 is 5.32 Å². The first-order valence-corrected chi connectivity index (χ1v) is 7.22. The number of carbonyl (C=O) groups is 1. The van der Waals surface area contributed by atoms with Crippen LogP contribution in [0.2, 0.25) is 0 Å². The van der Waals surface area contributed by atoms with E-state index < -0.39 is 0 Å². The van der Waals surface area contributed by atoms with Crippen LogP contribution in [0.1, 0.15) is 25.8 Å². The van der Waals surface area contributed by atoms with Gasteiger partial charge in [-0.05, 0) is 30.2 Å². The number of urea groups is 1. The fraction of sp³-hybridized carbons (Fsp3) is 0.562. The van der Waals surface area contributed by atoms with Gasteiger partial charge in [-0.3, -0.25) is 0 Å². The summed E-state index contributed by atoms with van der Waals surface area (Å²) in [7, 11) is 0. The smallest absolute Gasteiger partial charge is 0.317 e. The quantitative estimate of drug-likeness (QED) is 0.890. The average molecular weight is 260 g/mol. The van der Waals surface area contributed by atoms with E-state index in [1.54, 1.807) is 0 Å². The zero-order chi connectivity index (χ0) is 13.7. The molecule has 0 bridgehead atoms. The Morgan fingerprint density at radius 1 is 1.21 bits per heavy atom. The van der Waals surface area contributed by atoms with Crippen molar-refractivity contribution >= 4 is 6.03 Å². The van der Waals surface area contributed by atoms with Crippen LogP contribution in [-0.2, 0) is 6.42 Å². The number of benzene rings is 1. The molecule has 3 heteroatoms. The van der Waals surface area contributed by atoms with Crippen molar-refractivity contribution in [2.24, 2.45) is 11.8 Å². The molecule has 1 aromatic carbocycles. The Morgan fingerprint density at radius 3 is 2.47 bits per heavy atom. The molecule has 0 aromatic heterocycles. The van der Waals surface area contributed by atoms with Crippen molar-refractivity contribution in [3.05, 3.63) is 35.9 Å². The van der Waals surface area contributed by atoms with Crippen LogP contribution in [0, 0.1) is 11.8 Å². The van der Waals surface area contributed by atoms with E-state index in [1.807, 2.05) is 23.1 Å². The Morgan fingerprint density at radius 2 is 1.84 bits per heavy atom. The first-order valence-electron chi connectivity index (χ1n) is 7.22. The number of hydrogen-bond acceptors (Lipinski definition) is 1. The van der Waals surface area contributed by atoms with Crippen LogP contribution in [0.5, 0.6) is 0 Å². The van der Waals surface area contributed by atoms with E-state index in [9.17, 15) is 4.79 Å². The van der Waals surface area contributed by atoms with E-state index in [2.05, 4.69) is 31.3 Å². The van der Waals surface area contributed by atoms with E-state index in [1.165, 1.54) is 12.0 Å². The van der Waals surface area contributed by atoms with Crippen molar-refractivity contribution < 1.29 is 4.79 Å². The third kappa shape index (κ3) is 4.27. The fourth-order valence-electron chi connectivity index (χ4n) is 2.90. The van der Waals surface area contributed by atoms with Crippen molar-refractivity contribution in [3.8, 4) is 0 Å². The van der Waals surface area contributed by atoms with Crippen molar-refractivity contribution in [2.45, 2.75) is 26.7 Å². The summed E-state index contributed by atoms with van der Waals surface area (Å²) in [6, 6.07) is 10.4. The first kappa shape index (κ1) is 13.9. The standard InChI is InChI=1S/C16H24N2O/c1-13-10-14(2)12-18(11-13)16(19)17-9-8-15-6-4-3-5-7-15/h3-7,13-14H,8-12H2,1-2H3,(H,17,19). The summed E-state index contributed by atoms with van der Waals surface area (Å²) in [6.07, 6.45) is 2.12. The van der Waals surface area contributed by atoms with E-state index >= 15 is 0 Å². The van der Waals surface area contributed by atoms with Crippen molar-refractivity contribution in [3.63, 3.8) is 0 Å². The molecular weight excluding hydrogens is 236 g/mol. The zero-order valence-corrected chi connectivity index (χ0v) is 11.9. The normalized spacial score (nSPS) is 23.2. The SMILES string of the molecule is CC1CC(C)CN(C(=O)NCCc2ccccc2)C1. The summed E-state index contributed by atoms with van der Waals surface area (Å²) in [4.78, 5) is 14.1. The summed E-state index contributed by atoms with van der Waals surface area (Å²) in [6.45, 7) is 6.94. The van der Waals surface area contributed by atoms with Crippen molar-refractivity contribution in [2.75, 3.05) is 19.6 Å². The average Bonchev–Trinajstić information content (AvgIpc) is 2.38. The molecule has 104 valence electrons. The molecule has 2 unspecified atom stereocenters.